The molecule has 1 aromatic heterocycles. The third-order valence-electron chi connectivity index (χ3n) is 3.34. The maximum atomic E-state index is 12.2. The van der Waals surface area contributed by atoms with Gasteiger partial charge in [0.25, 0.3) is 0 Å². The Hall–Kier alpha value is -2.02. The third-order valence-corrected chi connectivity index (χ3v) is 4.84. The topological polar surface area (TPSA) is 59.8 Å². The monoisotopic (exact) mass is 392 g/mol. The first-order valence-corrected chi connectivity index (χ1v) is 9.14. The van der Waals surface area contributed by atoms with E-state index < -0.39 is 0 Å². The van der Waals surface area contributed by atoms with Gasteiger partial charge in [-0.3, -0.25) is 9.36 Å². The Labute approximate surface area is 159 Å². The van der Waals surface area contributed by atoms with Gasteiger partial charge in [0, 0.05) is 10.7 Å². The van der Waals surface area contributed by atoms with Gasteiger partial charge in [-0.1, -0.05) is 53.2 Å². The number of para-hydroxylation sites is 1. The number of halogens is 2. The molecule has 1 N–H and O–H groups in total. The highest BCUT2D eigenvalue weighted by Crippen LogP contribution is 2.26. The zero-order valence-corrected chi connectivity index (χ0v) is 15.6. The van der Waals surface area contributed by atoms with E-state index in [0.29, 0.717) is 20.9 Å². The van der Waals surface area contributed by atoms with Crippen LogP contribution in [-0.4, -0.2) is 26.4 Å². The van der Waals surface area contributed by atoms with Crippen LogP contribution in [0.1, 0.15) is 5.82 Å². The summed E-state index contributed by atoms with van der Waals surface area (Å²) < 4.78 is 1.91. The number of hydrogen-bond acceptors (Lipinski definition) is 4. The van der Waals surface area contributed by atoms with Crippen LogP contribution in [0, 0.1) is 6.92 Å². The molecule has 0 bridgehead atoms. The van der Waals surface area contributed by atoms with Crippen LogP contribution in [-0.2, 0) is 4.79 Å². The molecule has 1 amide bonds. The zero-order valence-electron chi connectivity index (χ0n) is 13.2. The highest BCUT2D eigenvalue weighted by molar-refractivity contribution is 7.99. The molecule has 0 radical (unpaired) electrons. The molecule has 3 rings (SSSR count). The first-order valence-electron chi connectivity index (χ1n) is 7.40. The molecule has 0 saturated heterocycles. The molecule has 0 spiro atoms. The van der Waals surface area contributed by atoms with Gasteiger partial charge in [0.05, 0.1) is 16.5 Å². The number of nitrogens with zero attached hydrogens (tertiary/aromatic N) is 3. The minimum atomic E-state index is -0.200. The Balaban J connectivity index is 1.70. The predicted octanol–water partition coefficient (Wildman–Crippen LogP) is 4.61. The Morgan fingerprint density at radius 1 is 1.16 bits per heavy atom. The number of carbonyl (C=O) groups excluding carboxylic acids is 1. The Kier molecular flexibility index (Phi) is 5.63. The molecule has 25 heavy (non-hydrogen) atoms. The Morgan fingerprint density at radius 2 is 1.92 bits per heavy atom. The summed E-state index contributed by atoms with van der Waals surface area (Å²) in [5, 5.41) is 12.6. The van der Waals surface area contributed by atoms with Crippen molar-refractivity contribution in [2.45, 2.75) is 12.1 Å². The van der Waals surface area contributed by atoms with Crippen LogP contribution < -0.4 is 5.32 Å². The summed E-state index contributed by atoms with van der Waals surface area (Å²) in [6.45, 7) is 1.87. The number of amides is 1. The second kappa shape index (κ2) is 7.91. The lowest BCUT2D eigenvalue weighted by atomic mass is 10.3. The van der Waals surface area contributed by atoms with Crippen molar-refractivity contribution in [2.75, 3.05) is 11.1 Å². The number of nitrogens with one attached hydrogen (secondary N) is 1. The van der Waals surface area contributed by atoms with Crippen LogP contribution in [0.25, 0.3) is 5.69 Å². The van der Waals surface area contributed by atoms with Gasteiger partial charge in [-0.25, -0.2) is 0 Å². The minimum Gasteiger partial charge on any atom is -0.324 e. The highest BCUT2D eigenvalue weighted by Gasteiger charge is 2.14. The molecule has 8 heteroatoms. The average Bonchev–Trinajstić information content (AvgIpc) is 2.98. The van der Waals surface area contributed by atoms with Gasteiger partial charge in [-0.05, 0) is 37.3 Å². The average molecular weight is 393 g/mol. The van der Waals surface area contributed by atoms with E-state index in [2.05, 4.69) is 15.5 Å². The fourth-order valence-electron chi connectivity index (χ4n) is 2.22. The normalized spacial score (nSPS) is 10.7. The van der Waals surface area contributed by atoms with Crippen molar-refractivity contribution >= 4 is 46.6 Å². The quantitative estimate of drug-likeness (QED) is 0.643. The van der Waals surface area contributed by atoms with Crippen LogP contribution in [0.5, 0.6) is 0 Å². The molecule has 3 aromatic rings. The molecule has 0 atom stereocenters. The Morgan fingerprint density at radius 3 is 2.68 bits per heavy atom. The van der Waals surface area contributed by atoms with E-state index in [1.807, 2.05) is 41.8 Å². The lowest BCUT2D eigenvalue weighted by molar-refractivity contribution is -0.113. The van der Waals surface area contributed by atoms with Crippen molar-refractivity contribution in [1.82, 2.24) is 14.8 Å². The first-order chi connectivity index (χ1) is 12.0. The maximum Gasteiger partial charge on any atom is 0.234 e. The van der Waals surface area contributed by atoms with E-state index in [-0.39, 0.29) is 11.7 Å². The van der Waals surface area contributed by atoms with Gasteiger partial charge in [0.15, 0.2) is 5.16 Å². The maximum absolute atomic E-state index is 12.2. The van der Waals surface area contributed by atoms with E-state index >= 15 is 0 Å². The number of thioether (sulfide) groups is 1. The molecule has 2 aromatic carbocycles. The van der Waals surface area contributed by atoms with Gasteiger partial charge in [-0.2, -0.15) is 0 Å². The molecule has 0 saturated carbocycles. The smallest absolute Gasteiger partial charge is 0.234 e. The summed E-state index contributed by atoms with van der Waals surface area (Å²) in [6, 6.07) is 14.7. The number of benzene rings is 2. The molecule has 5 nitrogen and oxygen atoms in total. The van der Waals surface area contributed by atoms with Crippen molar-refractivity contribution in [2.24, 2.45) is 0 Å². The number of aryl methyl sites for hydroxylation is 1. The summed E-state index contributed by atoms with van der Waals surface area (Å²) in [5.74, 6) is 0.731. The van der Waals surface area contributed by atoms with Crippen LogP contribution in [0.4, 0.5) is 5.69 Å². The molecule has 0 fully saturated rings. The third kappa shape index (κ3) is 4.34. The summed E-state index contributed by atoms with van der Waals surface area (Å²) in [4.78, 5) is 12.2. The van der Waals surface area contributed by atoms with E-state index in [9.17, 15) is 4.79 Å². The van der Waals surface area contributed by atoms with E-state index in [0.717, 1.165) is 11.5 Å². The van der Waals surface area contributed by atoms with Gasteiger partial charge in [-0.15, -0.1) is 10.2 Å². The second-order valence-corrected chi connectivity index (χ2v) is 6.95. The summed E-state index contributed by atoms with van der Waals surface area (Å²) in [5.41, 5.74) is 1.44. The van der Waals surface area contributed by atoms with Gasteiger partial charge in [0.1, 0.15) is 5.82 Å². The van der Waals surface area contributed by atoms with Crippen LogP contribution in [0.3, 0.4) is 0 Å². The lowest BCUT2D eigenvalue weighted by Gasteiger charge is -2.09. The van der Waals surface area contributed by atoms with Gasteiger partial charge in [0.2, 0.25) is 5.91 Å². The summed E-state index contributed by atoms with van der Waals surface area (Å²) in [7, 11) is 0. The van der Waals surface area contributed by atoms with E-state index in [4.69, 9.17) is 23.2 Å². The van der Waals surface area contributed by atoms with Gasteiger partial charge < -0.3 is 5.32 Å². The standard InChI is InChI=1S/C17H14Cl2N4OS/c1-11-21-22-17(23(11)13-5-3-2-4-6-13)25-10-16(24)20-15-9-12(18)7-8-14(15)19/h2-9H,10H2,1H3,(H,20,24). The Bertz CT molecular complexity index is 899. The second-order valence-electron chi connectivity index (χ2n) is 5.16. The number of carbonyl (C=O) groups is 1. The fraction of sp³-hybridized carbons (Fsp3) is 0.118. The molecular formula is C17H14Cl2N4OS. The van der Waals surface area contributed by atoms with Gasteiger partial charge >= 0.3 is 0 Å². The van der Waals surface area contributed by atoms with E-state index in [1.165, 1.54) is 11.8 Å². The fourth-order valence-corrected chi connectivity index (χ4v) is 3.35. The van der Waals surface area contributed by atoms with E-state index in [1.54, 1.807) is 18.2 Å². The SMILES string of the molecule is Cc1nnc(SCC(=O)Nc2cc(Cl)ccc2Cl)n1-c1ccccc1. The van der Waals surface area contributed by atoms with Crippen molar-refractivity contribution in [1.29, 1.82) is 0 Å². The number of hydrogen-bond donors (Lipinski definition) is 1. The first kappa shape index (κ1) is 17.8. The summed E-state index contributed by atoms with van der Waals surface area (Å²) in [6.07, 6.45) is 0. The molecule has 0 unspecified atom stereocenters. The van der Waals surface area contributed by atoms with Crippen molar-refractivity contribution in [3.8, 4) is 5.69 Å². The molecule has 0 aliphatic heterocycles. The van der Waals surface area contributed by atoms with Crippen molar-refractivity contribution in [3.63, 3.8) is 0 Å². The molecule has 128 valence electrons. The lowest BCUT2D eigenvalue weighted by Crippen LogP contribution is -2.15. The zero-order chi connectivity index (χ0) is 17.8. The van der Waals surface area contributed by atoms with Crippen LogP contribution >= 0.6 is 35.0 Å². The molecular weight excluding hydrogens is 379 g/mol. The van der Waals surface area contributed by atoms with Crippen molar-refractivity contribution in [3.05, 3.63) is 64.4 Å². The van der Waals surface area contributed by atoms with Crippen LogP contribution in [0.15, 0.2) is 53.7 Å². The summed E-state index contributed by atoms with van der Waals surface area (Å²) >= 11 is 13.3. The molecule has 1 heterocycles. The molecule has 0 aliphatic carbocycles. The largest absolute Gasteiger partial charge is 0.324 e. The number of anilines is 1. The number of aromatic nitrogens is 3. The van der Waals surface area contributed by atoms with Crippen molar-refractivity contribution < 1.29 is 4.79 Å². The highest BCUT2D eigenvalue weighted by atomic mass is 35.5. The predicted molar refractivity (Wildman–Crippen MR) is 102 cm³/mol. The number of rotatable bonds is 5. The minimum absolute atomic E-state index is 0.174. The molecule has 0 aliphatic rings. The van der Waals surface area contributed by atoms with Crippen LogP contribution in [0.2, 0.25) is 10.0 Å².